The van der Waals surface area contributed by atoms with Crippen molar-refractivity contribution in [1.82, 2.24) is 19.9 Å². The first-order chi connectivity index (χ1) is 13.7. The van der Waals surface area contributed by atoms with Gasteiger partial charge in [-0.3, -0.25) is 4.98 Å². The Kier molecular flexibility index (Phi) is 9.91. The van der Waals surface area contributed by atoms with Crippen molar-refractivity contribution in [2.24, 2.45) is 5.73 Å². The van der Waals surface area contributed by atoms with Gasteiger partial charge in [-0.1, -0.05) is 0 Å². The number of aromatic nitrogens is 4. The molecule has 2 aromatic heterocycles. The summed E-state index contributed by atoms with van der Waals surface area (Å²) in [5.41, 5.74) is 6.45. The van der Waals surface area contributed by atoms with Crippen LogP contribution >= 0.6 is 0 Å². The highest BCUT2D eigenvalue weighted by Crippen LogP contribution is 2.11. The van der Waals surface area contributed by atoms with E-state index in [0.29, 0.717) is 63.9 Å². The summed E-state index contributed by atoms with van der Waals surface area (Å²) in [4.78, 5) is 17.3. The third-order valence-electron chi connectivity index (χ3n) is 3.42. The van der Waals surface area contributed by atoms with Crippen LogP contribution in [0.4, 0.5) is 17.8 Å². The minimum Gasteiger partial charge on any atom is -0.378 e. The quantitative estimate of drug-likeness (QED) is 0.348. The van der Waals surface area contributed by atoms with Crippen molar-refractivity contribution in [1.29, 1.82) is 0 Å². The molecule has 0 fully saturated rings. The number of anilines is 3. The van der Waals surface area contributed by atoms with Crippen LogP contribution in [0.25, 0.3) is 0 Å². The average Bonchev–Trinajstić information content (AvgIpc) is 2.69. The van der Waals surface area contributed by atoms with Crippen molar-refractivity contribution in [2.45, 2.75) is 26.4 Å². The van der Waals surface area contributed by atoms with Crippen LogP contribution in [0, 0.1) is 0 Å². The number of nitrogens with two attached hydrogens (primary N) is 1. The standard InChI is InChI=1S/C18H30N8O2/c1-14(2)23-18-25-16(21-8-10-28-12-11-27-9-5-19)24-17(26-18)22-13-15-3-6-20-7-4-15/h3-4,6-7,14H,5,8-13,19H2,1-2H3,(H3,21,22,23,24,25,26). The highest BCUT2D eigenvalue weighted by atomic mass is 16.5. The van der Waals surface area contributed by atoms with Gasteiger partial charge in [-0.05, 0) is 31.5 Å². The van der Waals surface area contributed by atoms with E-state index in [1.54, 1.807) is 12.4 Å². The molecule has 28 heavy (non-hydrogen) atoms. The minimum atomic E-state index is 0.208. The molecule has 5 N–H and O–H groups in total. The van der Waals surface area contributed by atoms with Crippen LogP contribution in [-0.2, 0) is 16.0 Å². The van der Waals surface area contributed by atoms with Crippen molar-refractivity contribution >= 4 is 17.8 Å². The van der Waals surface area contributed by atoms with E-state index >= 15 is 0 Å². The van der Waals surface area contributed by atoms with Gasteiger partial charge >= 0.3 is 0 Å². The molecule has 0 atom stereocenters. The number of hydrogen-bond donors (Lipinski definition) is 4. The summed E-state index contributed by atoms with van der Waals surface area (Å²) in [6.07, 6.45) is 3.51. The van der Waals surface area contributed by atoms with Crippen molar-refractivity contribution < 1.29 is 9.47 Å². The second-order valence-electron chi connectivity index (χ2n) is 6.25. The maximum Gasteiger partial charge on any atom is 0.229 e. The second-order valence-corrected chi connectivity index (χ2v) is 6.25. The van der Waals surface area contributed by atoms with Crippen molar-refractivity contribution in [3.05, 3.63) is 30.1 Å². The Labute approximate surface area is 165 Å². The third kappa shape index (κ3) is 8.89. The highest BCUT2D eigenvalue weighted by molar-refractivity contribution is 5.42. The molecule has 10 nitrogen and oxygen atoms in total. The summed E-state index contributed by atoms with van der Waals surface area (Å²) >= 11 is 0. The second kappa shape index (κ2) is 12.8. The van der Waals surface area contributed by atoms with Gasteiger partial charge in [0.25, 0.3) is 0 Å². The molecule has 0 aliphatic heterocycles. The van der Waals surface area contributed by atoms with E-state index in [9.17, 15) is 0 Å². The van der Waals surface area contributed by atoms with Crippen LogP contribution < -0.4 is 21.7 Å². The molecule has 0 saturated carbocycles. The van der Waals surface area contributed by atoms with Crippen LogP contribution in [0.3, 0.4) is 0 Å². The molecular formula is C18H30N8O2. The molecule has 0 saturated heterocycles. The van der Waals surface area contributed by atoms with Gasteiger partial charge in [0.2, 0.25) is 17.8 Å². The molecule has 2 rings (SSSR count). The predicted octanol–water partition coefficient (Wildman–Crippen LogP) is 1.10. The van der Waals surface area contributed by atoms with E-state index in [2.05, 4.69) is 35.9 Å². The third-order valence-corrected chi connectivity index (χ3v) is 3.42. The lowest BCUT2D eigenvalue weighted by atomic mass is 10.3. The predicted molar refractivity (Wildman–Crippen MR) is 109 cm³/mol. The normalized spacial score (nSPS) is 10.9. The fourth-order valence-corrected chi connectivity index (χ4v) is 2.18. The fourth-order valence-electron chi connectivity index (χ4n) is 2.18. The summed E-state index contributed by atoms with van der Waals surface area (Å²) in [5, 5.41) is 9.58. The first-order valence-electron chi connectivity index (χ1n) is 9.42. The smallest absolute Gasteiger partial charge is 0.229 e. The monoisotopic (exact) mass is 390 g/mol. The summed E-state index contributed by atoms with van der Waals surface area (Å²) in [7, 11) is 0. The van der Waals surface area contributed by atoms with Gasteiger partial charge < -0.3 is 31.2 Å². The number of rotatable bonds is 14. The Morgan fingerprint density at radius 1 is 0.893 bits per heavy atom. The SMILES string of the molecule is CC(C)Nc1nc(NCCOCCOCCN)nc(NCc2ccncc2)n1. The molecule has 0 bridgehead atoms. The fraction of sp³-hybridized carbons (Fsp3) is 0.556. The molecule has 2 aromatic rings. The Bertz CT molecular complexity index is 672. The van der Waals surface area contributed by atoms with Crippen LogP contribution in [0.15, 0.2) is 24.5 Å². The maximum absolute atomic E-state index is 5.50. The number of hydrogen-bond acceptors (Lipinski definition) is 10. The minimum absolute atomic E-state index is 0.208. The molecular weight excluding hydrogens is 360 g/mol. The molecule has 10 heteroatoms. The van der Waals surface area contributed by atoms with E-state index in [0.717, 1.165) is 5.56 Å². The van der Waals surface area contributed by atoms with Gasteiger partial charge in [0.15, 0.2) is 0 Å². The summed E-state index contributed by atoms with van der Waals surface area (Å²) in [6.45, 7) is 7.88. The molecule has 0 unspecified atom stereocenters. The highest BCUT2D eigenvalue weighted by Gasteiger charge is 2.07. The summed E-state index contributed by atoms with van der Waals surface area (Å²) in [5.74, 6) is 1.49. The maximum atomic E-state index is 5.50. The molecule has 2 heterocycles. The number of pyridine rings is 1. The number of ether oxygens (including phenoxy) is 2. The van der Waals surface area contributed by atoms with Gasteiger partial charge in [0.1, 0.15) is 0 Å². The van der Waals surface area contributed by atoms with E-state index in [-0.39, 0.29) is 6.04 Å². The molecule has 0 amide bonds. The Morgan fingerprint density at radius 3 is 2.21 bits per heavy atom. The topological polar surface area (TPSA) is 132 Å². The lowest BCUT2D eigenvalue weighted by Gasteiger charge is -2.13. The lowest BCUT2D eigenvalue weighted by molar-refractivity contribution is 0.0547. The first-order valence-corrected chi connectivity index (χ1v) is 9.42. The van der Waals surface area contributed by atoms with Crippen molar-refractivity contribution in [3.8, 4) is 0 Å². The van der Waals surface area contributed by atoms with Gasteiger partial charge in [-0.15, -0.1) is 0 Å². The summed E-state index contributed by atoms with van der Waals surface area (Å²) in [6, 6.07) is 4.09. The number of nitrogens with one attached hydrogen (secondary N) is 3. The summed E-state index contributed by atoms with van der Waals surface area (Å²) < 4.78 is 10.8. The van der Waals surface area contributed by atoms with Crippen LogP contribution in [0.1, 0.15) is 19.4 Å². The van der Waals surface area contributed by atoms with Crippen molar-refractivity contribution in [2.75, 3.05) is 55.5 Å². The molecule has 0 aromatic carbocycles. The number of nitrogens with zero attached hydrogens (tertiary/aromatic N) is 4. The molecule has 0 spiro atoms. The lowest BCUT2D eigenvalue weighted by Crippen LogP contribution is -2.18. The van der Waals surface area contributed by atoms with Gasteiger partial charge in [-0.2, -0.15) is 15.0 Å². The molecule has 0 radical (unpaired) electrons. The van der Waals surface area contributed by atoms with Gasteiger partial charge in [0.05, 0.1) is 26.4 Å². The Morgan fingerprint density at radius 2 is 1.54 bits per heavy atom. The molecule has 0 aliphatic rings. The first kappa shape index (κ1) is 21.7. The van der Waals surface area contributed by atoms with Gasteiger partial charge in [0, 0.05) is 38.1 Å². The zero-order chi connectivity index (χ0) is 20.0. The Hall–Kier alpha value is -2.56. The zero-order valence-corrected chi connectivity index (χ0v) is 16.5. The van der Waals surface area contributed by atoms with E-state index in [4.69, 9.17) is 15.2 Å². The largest absolute Gasteiger partial charge is 0.378 e. The Balaban J connectivity index is 1.85. The van der Waals surface area contributed by atoms with Crippen LogP contribution in [0.2, 0.25) is 0 Å². The van der Waals surface area contributed by atoms with E-state index in [1.807, 2.05) is 26.0 Å². The van der Waals surface area contributed by atoms with E-state index < -0.39 is 0 Å². The molecule has 0 aliphatic carbocycles. The van der Waals surface area contributed by atoms with E-state index in [1.165, 1.54) is 0 Å². The van der Waals surface area contributed by atoms with Crippen LogP contribution in [-0.4, -0.2) is 65.5 Å². The zero-order valence-electron chi connectivity index (χ0n) is 16.5. The van der Waals surface area contributed by atoms with Gasteiger partial charge in [-0.25, -0.2) is 0 Å². The van der Waals surface area contributed by atoms with Crippen molar-refractivity contribution in [3.63, 3.8) is 0 Å². The average molecular weight is 390 g/mol. The molecule has 154 valence electrons. The van der Waals surface area contributed by atoms with Crippen LogP contribution in [0.5, 0.6) is 0 Å².